The maximum absolute atomic E-state index is 12.7. The van der Waals surface area contributed by atoms with Crippen molar-refractivity contribution in [2.24, 2.45) is 5.92 Å². The standard InChI is InChI=1S/C22H25N5O2S/c1-16-4-3-13-26(14-16)20(28)15-30-22-25-24-21(17-9-11-23-12-10-17)27(22)18-5-7-19(29-2)8-6-18/h5-12,16H,3-4,13-15H2,1-2H3. The minimum absolute atomic E-state index is 0.154. The van der Waals surface area contributed by atoms with E-state index in [9.17, 15) is 4.79 Å². The summed E-state index contributed by atoms with van der Waals surface area (Å²) in [6, 6.07) is 11.5. The predicted molar refractivity (Wildman–Crippen MR) is 117 cm³/mol. The lowest BCUT2D eigenvalue weighted by Gasteiger charge is -2.30. The molecule has 3 heterocycles. The van der Waals surface area contributed by atoms with Crippen LogP contribution in [0.5, 0.6) is 5.75 Å². The monoisotopic (exact) mass is 423 g/mol. The summed E-state index contributed by atoms with van der Waals surface area (Å²) in [5.41, 5.74) is 1.82. The van der Waals surface area contributed by atoms with Crippen molar-refractivity contribution in [2.75, 3.05) is 26.0 Å². The molecule has 2 aromatic heterocycles. The molecule has 0 radical (unpaired) electrons. The first kappa shape index (κ1) is 20.4. The lowest BCUT2D eigenvalue weighted by Crippen LogP contribution is -2.40. The Kier molecular flexibility index (Phi) is 6.32. The van der Waals surface area contributed by atoms with E-state index in [0.29, 0.717) is 22.7 Å². The molecule has 1 amide bonds. The number of amides is 1. The van der Waals surface area contributed by atoms with Gasteiger partial charge in [-0.15, -0.1) is 10.2 Å². The first-order valence-electron chi connectivity index (χ1n) is 10.1. The zero-order valence-electron chi connectivity index (χ0n) is 17.2. The van der Waals surface area contributed by atoms with E-state index in [1.807, 2.05) is 45.9 Å². The average molecular weight is 424 g/mol. The minimum Gasteiger partial charge on any atom is -0.497 e. The highest BCUT2D eigenvalue weighted by Crippen LogP contribution is 2.29. The van der Waals surface area contributed by atoms with Gasteiger partial charge in [0, 0.05) is 36.7 Å². The maximum Gasteiger partial charge on any atom is 0.233 e. The molecule has 3 aromatic rings. The van der Waals surface area contributed by atoms with Gasteiger partial charge in [-0.05, 0) is 55.2 Å². The summed E-state index contributed by atoms with van der Waals surface area (Å²) in [6.07, 6.45) is 5.73. The molecular formula is C22H25N5O2S. The van der Waals surface area contributed by atoms with E-state index in [1.54, 1.807) is 19.5 Å². The molecule has 0 N–H and O–H groups in total. The Hall–Kier alpha value is -2.87. The number of pyridine rings is 1. The Balaban J connectivity index is 1.61. The van der Waals surface area contributed by atoms with E-state index >= 15 is 0 Å². The number of likely N-dealkylation sites (tertiary alicyclic amines) is 1. The number of methoxy groups -OCH3 is 1. The third kappa shape index (κ3) is 4.48. The number of ether oxygens (including phenoxy) is 1. The summed E-state index contributed by atoms with van der Waals surface area (Å²) < 4.78 is 7.26. The van der Waals surface area contributed by atoms with Crippen molar-refractivity contribution >= 4 is 17.7 Å². The number of rotatable bonds is 6. The molecule has 1 aliphatic heterocycles. The Labute approximate surface area is 180 Å². The zero-order chi connectivity index (χ0) is 20.9. The summed E-state index contributed by atoms with van der Waals surface area (Å²) in [7, 11) is 1.64. The molecule has 0 bridgehead atoms. The third-order valence-corrected chi connectivity index (χ3v) is 6.15. The van der Waals surface area contributed by atoms with Gasteiger partial charge in [-0.1, -0.05) is 18.7 Å². The number of benzene rings is 1. The molecule has 1 aliphatic rings. The van der Waals surface area contributed by atoms with Gasteiger partial charge < -0.3 is 9.64 Å². The van der Waals surface area contributed by atoms with Gasteiger partial charge in [-0.3, -0.25) is 14.3 Å². The largest absolute Gasteiger partial charge is 0.497 e. The number of carbonyl (C=O) groups excluding carboxylic acids is 1. The minimum atomic E-state index is 0.154. The molecule has 156 valence electrons. The van der Waals surface area contributed by atoms with E-state index in [2.05, 4.69) is 22.1 Å². The van der Waals surface area contributed by atoms with Gasteiger partial charge in [0.2, 0.25) is 5.91 Å². The van der Waals surface area contributed by atoms with Gasteiger partial charge in [-0.25, -0.2) is 0 Å². The van der Waals surface area contributed by atoms with Gasteiger partial charge in [-0.2, -0.15) is 0 Å². The Bertz CT molecular complexity index is 991. The van der Waals surface area contributed by atoms with Gasteiger partial charge in [0.25, 0.3) is 0 Å². The fourth-order valence-electron chi connectivity index (χ4n) is 3.65. The van der Waals surface area contributed by atoms with Gasteiger partial charge in [0.05, 0.1) is 12.9 Å². The first-order valence-corrected chi connectivity index (χ1v) is 11.0. The summed E-state index contributed by atoms with van der Waals surface area (Å²) in [5.74, 6) is 2.55. The number of nitrogens with zero attached hydrogens (tertiary/aromatic N) is 5. The summed E-state index contributed by atoms with van der Waals surface area (Å²) in [6.45, 7) is 3.89. The van der Waals surface area contributed by atoms with Crippen molar-refractivity contribution in [1.29, 1.82) is 0 Å². The number of hydrogen-bond donors (Lipinski definition) is 0. The van der Waals surface area contributed by atoms with Crippen LogP contribution in [0.15, 0.2) is 53.9 Å². The lowest BCUT2D eigenvalue weighted by atomic mass is 10.0. The van der Waals surface area contributed by atoms with E-state index in [1.165, 1.54) is 18.2 Å². The zero-order valence-corrected chi connectivity index (χ0v) is 18.0. The Morgan fingerprint density at radius 2 is 1.93 bits per heavy atom. The van der Waals surface area contributed by atoms with Crippen molar-refractivity contribution in [2.45, 2.75) is 24.9 Å². The highest BCUT2D eigenvalue weighted by Gasteiger charge is 2.23. The molecule has 1 saturated heterocycles. The Morgan fingerprint density at radius 1 is 1.17 bits per heavy atom. The van der Waals surface area contributed by atoms with E-state index in [-0.39, 0.29) is 5.91 Å². The topological polar surface area (TPSA) is 73.1 Å². The molecule has 0 spiro atoms. The molecular weight excluding hydrogens is 398 g/mol. The van der Waals surface area contributed by atoms with Crippen LogP contribution in [0.4, 0.5) is 0 Å². The fraction of sp³-hybridized carbons (Fsp3) is 0.364. The van der Waals surface area contributed by atoms with E-state index in [4.69, 9.17) is 4.74 Å². The van der Waals surface area contributed by atoms with Crippen molar-refractivity contribution in [3.63, 3.8) is 0 Å². The van der Waals surface area contributed by atoms with Crippen molar-refractivity contribution in [3.05, 3.63) is 48.8 Å². The second kappa shape index (κ2) is 9.30. The normalized spacial score (nSPS) is 16.5. The lowest BCUT2D eigenvalue weighted by molar-refractivity contribution is -0.130. The molecule has 0 saturated carbocycles. The van der Waals surface area contributed by atoms with Crippen LogP contribution in [-0.2, 0) is 4.79 Å². The first-order chi connectivity index (χ1) is 14.7. The molecule has 1 unspecified atom stereocenters. The number of hydrogen-bond acceptors (Lipinski definition) is 6. The molecule has 1 fully saturated rings. The molecule has 0 aliphatic carbocycles. The molecule has 1 aromatic carbocycles. The van der Waals surface area contributed by atoms with Crippen molar-refractivity contribution in [3.8, 4) is 22.8 Å². The number of aromatic nitrogens is 4. The highest BCUT2D eigenvalue weighted by molar-refractivity contribution is 7.99. The van der Waals surface area contributed by atoms with Crippen LogP contribution in [0.1, 0.15) is 19.8 Å². The third-order valence-electron chi connectivity index (χ3n) is 5.24. The van der Waals surface area contributed by atoms with E-state index < -0.39 is 0 Å². The van der Waals surface area contributed by atoms with Crippen molar-refractivity contribution < 1.29 is 9.53 Å². The fourth-order valence-corrected chi connectivity index (χ4v) is 4.50. The van der Waals surface area contributed by atoms with Gasteiger partial charge in [0.1, 0.15) is 5.75 Å². The van der Waals surface area contributed by atoms with Crippen LogP contribution >= 0.6 is 11.8 Å². The molecule has 1 atom stereocenters. The van der Waals surface area contributed by atoms with E-state index in [0.717, 1.165) is 36.5 Å². The second-order valence-corrected chi connectivity index (χ2v) is 8.39. The number of thioether (sulfide) groups is 1. The van der Waals surface area contributed by atoms with Crippen molar-refractivity contribution in [1.82, 2.24) is 24.6 Å². The maximum atomic E-state index is 12.7. The van der Waals surface area contributed by atoms with Gasteiger partial charge in [0.15, 0.2) is 11.0 Å². The molecule has 8 heteroatoms. The van der Waals surface area contributed by atoms with Gasteiger partial charge >= 0.3 is 0 Å². The molecule has 30 heavy (non-hydrogen) atoms. The smallest absolute Gasteiger partial charge is 0.233 e. The Morgan fingerprint density at radius 3 is 2.63 bits per heavy atom. The molecule has 7 nitrogen and oxygen atoms in total. The highest BCUT2D eigenvalue weighted by atomic mass is 32.2. The number of carbonyl (C=O) groups is 1. The number of piperidine rings is 1. The predicted octanol–water partition coefficient (Wildman–Crippen LogP) is 3.69. The van der Waals surface area contributed by atoms with Crippen LogP contribution in [0, 0.1) is 5.92 Å². The SMILES string of the molecule is COc1ccc(-n2c(SCC(=O)N3CCCC(C)C3)nnc2-c2ccncc2)cc1. The van der Waals surface area contributed by atoms with Crippen LogP contribution in [0.25, 0.3) is 17.1 Å². The quantitative estimate of drug-likeness (QED) is 0.563. The van der Waals surface area contributed by atoms with Crippen LogP contribution in [-0.4, -0.2) is 56.5 Å². The summed E-state index contributed by atoms with van der Waals surface area (Å²) in [5, 5.41) is 9.50. The van der Waals surface area contributed by atoms with Crippen LogP contribution in [0.3, 0.4) is 0 Å². The van der Waals surface area contributed by atoms with Crippen LogP contribution in [0.2, 0.25) is 0 Å². The van der Waals surface area contributed by atoms with Crippen LogP contribution < -0.4 is 4.74 Å². The average Bonchev–Trinajstić information content (AvgIpc) is 3.22. The summed E-state index contributed by atoms with van der Waals surface area (Å²) >= 11 is 1.42. The molecule has 4 rings (SSSR count). The second-order valence-electron chi connectivity index (χ2n) is 7.45. The summed E-state index contributed by atoms with van der Waals surface area (Å²) in [4.78, 5) is 18.8.